The molecule has 2 aromatic rings. The Kier molecular flexibility index (Phi) is 5.76. The molecule has 0 heterocycles. The fraction of sp³-hybridized carbons (Fsp3) is 0.263. The molecule has 0 saturated heterocycles. The highest BCUT2D eigenvalue weighted by molar-refractivity contribution is 5.81. The first kappa shape index (κ1) is 16.6. The van der Waals surface area contributed by atoms with Gasteiger partial charge in [-0.15, -0.1) is 0 Å². The molecule has 2 rings (SSSR count). The zero-order valence-corrected chi connectivity index (χ0v) is 13.3. The Morgan fingerprint density at radius 3 is 2.52 bits per heavy atom. The van der Waals surface area contributed by atoms with Gasteiger partial charge in [-0.05, 0) is 24.1 Å². The first-order valence-corrected chi connectivity index (χ1v) is 7.54. The zero-order chi connectivity index (χ0) is 16.7. The Morgan fingerprint density at radius 1 is 1.17 bits per heavy atom. The molecule has 0 saturated carbocycles. The standard InChI is InChI=1S/C19H19NO3/c1-3-7-16(15-8-5-4-6-9-15)19(21)23-17-11-10-14(13-20)12-18(17)22-2/h4-6,8-12,16H,3,7H2,1-2H3. The quantitative estimate of drug-likeness (QED) is 0.596. The lowest BCUT2D eigenvalue weighted by molar-refractivity contribution is -0.136. The summed E-state index contributed by atoms with van der Waals surface area (Å²) < 4.78 is 10.7. The van der Waals surface area contributed by atoms with E-state index in [1.807, 2.05) is 43.3 Å². The van der Waals surface area contributed by atoms with Crippen molar-refractivity contribution in [2.75, 3.05) is 7.11 Å². The molecule has 0 spiro atoms. The average molecular weight is 309 g/mol. The number of rotatable bonds is 6. The van der Waals surface area contributed by atoms with Crippen LogP contribution in [0.1, 0.15) is 36.8 Å². The molecule has 0 fully saturated rings. The van der Waals surface area contributed by atoms with Crippen molar-refractivity contribution in [3.63, 3.8) is 0 Å². The Balaban J connectivity index is 2.24. The van der Waals surface area contributed by atoms with Crippen LogP contribution in [0.2, 0.25) is 0 Å². The second kappa shape index (κ2) is 8.00. The normalized spacial score (nSPS) is 11.3. The van der Waals surface area contributed by atoms with Gasteiger partial charge in [-0.2, -0.15) is 5.26 Å². The van der Waals surface area contributed by atoms with E-state index in [-0.39, 0.29) is 11.9 Å². The van der Waals surface area contributed by atoms with Crippen LogP contribution in [0.3, 0.4) is 0 Å². The van der Waals surface area contributed by atoms with Crippen LogP contribution in [0.5, 0.6) is 11.5 Å². The summed E-state index contributed by atoms with van der Waals surface area (Å²) in [5.41, 5.74) is 1.39. The molecule has 0 N–H and O–H groups in total. The summed E-state index contributed by atoms with van der Waals surface area (Å²) in [5.74, 6) is 0.0665. The van der Waals surface area contributed by atoms with Crippen LogP contribution in [0.25, 0.3) is 0 Å². The lowest BCUT2D eigenvalue weighted by Crippen LogP contribution is -2.19. The number of esters is 1. The summed E-state index contributed by atoms with van der Waals surface area (Å²) in [6.45, 7) is 2.03. The highest BCUT2D eigenvalue weighted by Gasteiger charge is 2.23. The van der Waals surface area contributed by atoms with Crippen molar-refractivity contribution < 1.29 is 14.3 Å². The van der Waals surface area contributed by atoms with Gasteiger partial charge in [0.05, 0.1) is 24.7 Å². The third kappa shape index (κ3) is 4.10. The van der Waals surface area contributed by atoms with E-state index >= 15 is 0 Å². The maximum absolute atomic E-state index is 12.6. The summed E-state index contributed by atoms with van der Waals surface area (Å²) in [7, 11) is 1.48. The molecule has 23 heavy (non-hydrogen) atoms. The minimum Gasteiger partial charge on any atom is -0.493 e. The molecule has 0 aliphatic heterocycles. The van der Waals surface area contributed by atoms with Crippen LogP contribution in [-0.4, -0.2) is 13.1 Å². The van der Waals surface area contributed by atoms with Gasteiger partial charge in [-0.25, -0.2) is 0 Å². The van der Waals surface area contributed by atoms with Crippen molar-refractivity contribution in [1.82, 2.24) is 0 Å². The van der Waals surface area contributed by atoms with E-state index in [9.17, 15) is 4.79 Å². The summed E-state index contributed by atoms with van der Waals surface area (Å²) in [5, 5.41) is 8.92. The molecule has 0 bridgehead atoms. The lowest BCUT2D eigenvalue weighted by atomic mass is 9.95. The third-order valence-corrected chi connectivity index (χ3v) is 3.57. The predicted octanol–water partition coefficient (Wildman–Crippen LogP) is 4.06. The van der Waals surface area contributed by atoms with E-state index < -0.39 is 0 Å². The first-order chi connectivity index (χ1) is 11.2. The molecule has 4 nitrogen and oxygen atoms in total. The summed E-state index contributed by atoms with van der Waals surface area (Å²) in [4.78, 5) is 12.6. The SMILES string of the molecule is CCCC(C(=O)Oc1ccc(C#N)cc1OC)c1ccccc1. The molecule has 1 unspecified atom stereocenters. The minimum atomic E-state index is -0.318. The van der Waals surface area contributed by atoms with Gasteiger partial charge in [0.2, 0.25) is 0 Å². The highest BCUT2D eigenvalue weighted by atomic mass is 16.6. The summed E-state index contributed by atoms with van der Waals surface area (Å²) in [6.07, 6.45) is 1.58. The third-order valence-electron chi connectivity index (χ3n) is 3.57. The van der Waals surface area contributed by atoms with Crippen molar-refractivity contribution in [2.45, 2.75) is 25.7 Å². The van der Waals surface area contributed by atoms with Crippen LogP contribution in [0.4, 0.5) is 0 Å². The number of nitrogens with zero attached hydrogens (tertiary/aromatic N) is 1. The van der Waals surface area contributed by atoms with Crippen LogP contribution in [0, 0.1) is 11.3 Å². The van der Waals surface area contributed by atoms with E-state index in [2.05, 4.69) is 0 Å². The molecule has 1 atom stereocenters. The number of ether oxygens (including phenoxy) is 2. The lowest BCUT2D eigenvalue weighted by Gasteiger charge is -2.16. The molecule has 0 amide bonds. The number of hydrogen-bond acceptors (Lipinski definition) is 4. The monoisotopic (exact) mass is 309 g/mol. The van der Waals surface area contributed by atoms with Gasteiger partial charge in [-0.3, -0.25) is 4.79 Å². The Morgan fingerprint density at radius 2 is 1.91 bits per heavy atom. The second-order valence-electron chi connectivity index (χ2n) is 5.15. The molecule has 0 aromatic heterocycles. The van der Waals surface area contributed by atoms with Gasteiger partial charge in [0.15, 0.2) is 11.5 Å². The fourth-order valence-electron chi connectivity index (χ4n) is 2.40. The Bertz CT molecular complexity index is 704. The average Bonchev–Trinajstić information content (AvgIpc) is 2.60. The van der Waals surface area contributed by atoms with Gasteiger partial charge in [0.25, 0.3) is 0 Å². The molecular weight excluding hydrogens is 290 g/mol. The van der Waals surface area contributed by atoms with Crippen LogP contribution in [0.15, 0.2) is 48.5 Å². The van der Waals surface area contributed by atoms with Gasteiger partial charge < -0.3 is 9.47 Å². The number of nitriles is 1. The van der Waals surface area contributed by atoms with Gasteiger partial charge in [0, 0.05) is 6.07 Å². The number of benzene rings is 2. The van der Waals surface area contributed by atoms with Crippen LogP contribution >= 0.6 is 0 Å². The number of methoxy groups -OCH3 is 1. The van der Waals surface area contributed by atoms with E-state index in [0.717, 1.165) is 12.0 Å². The van der Waals surface area contributed by atoms with Gasteiger partial charge in [0.1, 0.15) is 0 Å². The summed E-state index contributed by atoms with van der Waals surface area (Å²) in [6, 6.07) is 16.4. The van der Waals surface area contributed by atoms with E-state index in [0.29, 0.717) is 23.5 Å². The maximum Gasteiger partial charge on any atom is 0.318 e. The van der Waals surface area contributed by atoms with Crippen LogP contribution in [-0.2, 0) is 4.79 Å². The van der Waals surface area contributed by atoms with E-state index in [1.165, 1.54) is 7.11 Å². The molecule has 4 heteroatoms. The molecule has 0 aliphatic rings. The van der Waals surface area contributed by atoms with Gasteiger partial charge >= 0.3 is 5.97 Å². The Hall–Kier alpha value is -2.80. The van der Waals surface area contributed by atoms with Gasteiger partial charge in [-0.1, -0.05) is 43.7 Å². The smallest absolute Gasteiger partial charge is 0.318 e. The van der Waals surface area contributed by atoms with E-state index in [1.54, 1.807) is 18.2 Å². The second-order valence-corrected chi connectivity index (χ2v) is 5.15. The number of carbonyl (C=O) groups is 1. The van der Waals surface area contributed by atoms with Crippen molar-refractivity contribution in [3.05, 3.63) is 59.7 Å². The van der Waals surface area contributed by atoms with E-state index in [4.69, 9.17) is 14.7 Å². The molecular formula is C19H19NO3. The molecule has 2 aromatic carbocycles. The van der Waals surface area contributed by atoms with Crippen LogP contribution < -0.4 is 9.47 Å². The summed E-state index contributed by atoms with van der Waals surface area (Å²) >= 11 is 0. The molecule has 0 radical (unpaired) electrons. The Labute approximate surface area is 136 Å². The van der Waals surface area contributed by atoms with Crippen molar-refractivity contribution in [2.24, 2.45) is 0 Å². The highest BCUT2D eigenvalue weighted by Crippen LogP contribution is 2.31. The zero-order valence-electron chi connectivity index (χ0n) is 13.3. The molecule has 0 aliphatic carbocycles. The first-order valence-electron chi connectivity index (χ1n) is 7.54. The largest absolute Gasteiger partial charge is 0.493 e. The topological polar surface area (TPSA) is 59.3 Å². The number of hydrogen-bond donors (Lipinski definition) is 0. The maximum atomic E-state index is 12.6. The fourth-order valence-corrected chi connectivity index (χ4v) is 2.40. The van der Waals surface area contributed by atoms with Crippen molar-refractivity contribution in [1.29, 1.82) is 5.26 Å². The van der Waals surface area contributed by atoms with Crippen molar-refractivity contribution in [3.8, 4) is 17.6 Å². The van der Waals surface area contributed by atoms with Crippen molar-refractivity contribution >= 4 is 5.97 Å². The minimum absolute atomic E-state index is 0.318. The molecule has 118 valence electrons. The number of carbonyl (C=O) groups excluding carboxylic acids is 1. The predicted molar refractivity (Wildman–Crippen MR) is 87.4 cm³/mol.